The highest BCUT2D eigenvalue weighted by atomic mass is 16.5. The summed E-state index contributed by atoms with van der Waals surface area (Å²) in [7, 11) is 0. The SMILES string of the molecule is CCCCCC/C=C\CCCCCCCC(=O)OCCCCCCCC/C=C\CCCCCC(=O)NC(CO)C(O)/C=C/CCCCCCCCCCCCCC. The number of aliphatic hydroxyl groups is 2. The largest absolute Gasteiger partial charge is 0.466 e. The van der Waals surface area contributed by atoms with Crippen molar-refractivity contribution in [2.75, 3.05) is 13.2 Å². The van der Waals surface area contributed by atoms with Crippen LogP contribution in [0.1, 0.15) is 251 Å². The molecule has 0 aliphatic carbocycles. The van der Waals surface area contributed by atoms with Gasteiger partial charge in [-0.3, -0.25) is 9.59 Å². The van der Waals surface area contributed by atoms with E-state index in [1.54, 1.807) is 6.08 Å². The van der Waals surface area contributed by atoms with Gasteiger partial charge in [0.2, 0.25) is 5.91 Å². The number of carbonyl (C=O) groups excluding carboxylic acids is 2. The minimum atomic E-state index is -0.861. The summed E-state index contributed by atoms with van der Waals surface area (Å²) in [4.78, 5) is 24.4. The molecule has 6 nitrogen and oxygen atoms in total. The third-order valence-corrected chi connectivity index (χ3v) is 11.1. The lowest BCUT2D eigenvalue weighted by atomic mass is 10.0. The third kappa shape index (κ3) is 43.5. The predicted molar refractivity (Wildman–Crippen MR) is 246 cm³/mol. The van der Waals surface area contributed by atoms with Gasteiger partial charge in [0.05, 0.1) is 25.4 Å². The fourth-order valence-corrected chi connectivity index (χ4v) is 7.27. The first-order chi connectivity index (χ1) is 28.0. The van der Waals surface area contributed by atoms with Crippen LogP contribution < -0.4 is 5.32 Å². The molecule has 0 bridgehead atoms. The Morgan fingerprint density at radius 2 is 0.825 bits per heavy atom. The van der Waals surface area contributed by atoms with Crippen molar-refractivity contribution >= 4 is 11.9 Å². The fraction of sp³-hybridized carbons (Fsp3) is 0.843. The normalized spacial score (nSPS) is 13.0. The molecule has 0 aliphatic heterocycles. The number of unbranched alkanes of at least 4 members (excludes halogenated alkanes) is 30. The van der Waals surface area contributed by atoms with E-state index in [0.717, 1.165) is 70.6 Å². The van der Waals surface area contributed by atoms with Gasteiger partial charge in [0.15, 0.2) is 0 Å². The molecule has 0 aromatic rings. The van der Waals surface area contributed by atoms with E-state index in [1.165, 1.54) is 154 Å². The average Bonchev–Trinajstić information content (AvgIpc) is 3.21. The molecule has 2 unspecified atom stereocenters. The van der Waals surface area contributed by atoms with E-state index in [1.807, 2.05) is 6.08 Å². The van der Waals surface area contributed by atoms with Crippen LogP contribution in [-0.2, 0) is 14.3 Å². The molecule has 0 aliphatic rings. The zero-order chi connectivity index (χ0) is 41.5. The van der Waals surface area contributed by atoms with Crippen molar-refractivity contribution in [3.05, 3.63) is 36.5 Å². The molecule has 334 valence electrons. The molecule has 1 amide bonds. The maximum absolute atomic E-state index is 12.4. The van der Waals surface area contributed by atoms with Crippen LogP contribution in [-0.4, -0.2) is 47.4 Å². The molecule has 0 spiro atoms. The Morgan fingerprint density at radius 1 is 0.474 bits per heavy atom. The fourth-order valence-electron chi connectivity index (χ4n) is 7.27. The number of aliphatic hydroxyl groups excluding tert-OH is 2. The summed E-state index contributed by atoms with van der Waals surface area (Å²) >= 11 is 0. The standard InChI is InChI=1S/C51H95NO5/c1-3-5-7-9-11-13-15-17-20-23-27-31-35-39-43-49(54)48(47-53)52-50(55)44-40-36-32-28-24-21-18-22-26-30-34-38-42-46-57-51(56)45-41-37-33-29-25-19-16-14-12-10-8-6-4-2/h14,16,21,24,39,43,48-49,53-54H,3-13,15,17-20,22-23,25-38,40-42,44-47H2,1-2H3,(H,52,55)/b16-14-,24-21-,43-39+. The van der Waals surface area contributed by atoms with Crippen LogP contribution in [0.5, 0.6) is 0 Å². The van der Waals surface area contributed by atoms with Gasteiger partial charge in [0.25, 0.3) is 0 Å². The first-order valence-corrected chi connectivity index (χ1v) is 24.8. The number of hydrogen-bond acceptors (Lipinski definition) is 5. The highest BCUT2D eigenvalue weighted by molar-refractivity contribution is 5.76. The van der Waals surface area contributed by atoms with Crippen LogP contribution in [0, 0.1) is 0 Å². The highest BCUT2D eigenvalue weighted by Crippen LogP contribution is 2.14. The smallest absolute Gasteiger partial charge is 0.305 e. The molecule has 0 rings (SSSR count). The number of ether oxygens (including phenoxy) is 1. The Labute approximate surface area is 353 Å². The van der Waals surface area contributed by atoms with E-state index >= 15 is 0 Å². The van der Waals surface area contributed by atoms with Gasteiger partial charge in [-0.25, -0.2) is 0 Å². The molecule has 6 heteroatoms. The number of amides is 1. The molecular weight excluding hydrogens is 707 g/mol. The summed E-state index contributed by atoms with van der Waals surface area (Å²) in [6, 6.07) is -0.648. The van der Waals surface area contributed by atoms with E-state index < -0.39 is 12.1 Å². The second-order valence-electron chi connectivity index (χ2n) is 16.8. The van der Waals surface area contributed by atoms with Gasteiger partial charge in [-0.1, -0.05) is 192 Å². The summed E-state index contributed by atoms with van der Waals surface area (Å²) in [6.45, 7) is 4.83. The van der Waals surface area contributed by atoms with Crippen LogP contribution in [0.25, 0.3) is 0 Å². The zero-order valence-corrected chi connectivity index (χ0v) is 37.8. The van der Waals surface area contributed by atoms with Crippen molar-refractivity contribution in [2.24, 2.45) is 0 Å². The maximum Gasteiger partial charge on any atom is 0.305 e. The molecule has 2 atom stereocenters. The number of hydrogen-bond donors (Lipinski definition) is 3. The Kier molecular flexibility index (Phi) is 45.2. The molecule has 0 radical (unpaired) electrons. The summed E-state index contributed by atoms with van der Waals surface area (Å²) in [5.74, 6) is -0.123. The lowest BCUT2D eigenvalue weighted by molar-refractivity contribution is -0.143. The van der Waals surface area contributed by atoms with Gasteiger partial charge >= 0.3 is 5.97 Å². The van der Waals surface area contributed by atoms with Crippen molar-refractivity contribution in [1.82, 2.24) is 5.32 Å². The predicted octanol–water partition coefficient (Wildman–Crippen LogP) is 14.5. The second-order valence-corrected chi connectivity index (χ2v) is 16.8. The lowest BCUT2D eigenvalue weighted by Gasteiger charge is -2.19. The van der Waals surface area contributed by atoms with Crippen LogP contribution in [0.4, 0.5) is 0 Å². The Bertz CT molecular complexity index is 931. The van der Waals surface area contributed by atoms with Gasteiger partial charge in [0, 0.05) is 12.8 Å². The summed E-state index contributed by atoms with van der Waals surface area (Å²) in [5.41, 5.74) is 0. The molecule has 3 N–H and O–H groups in total. The van der Waals surface area contributed by atoms with Crippen LogP contribution in [0.3, 0.4) is 0 Å². The van der Waals surface area contributed by atoms with E-state index in [0.29, 0.717) is 19.4 Å². The first-order valence-electron chi connectivity index (χ1n) is 24.8. The number of nitrogens with one attached hydrogen (secondary N) is 1. The molecule has 0 saturated carbocycles. The summed E-state index contributed by atoms with van der Waals surface area (Å²) < 4.78 is 5.44. The Balaban J connectivity index is 3.55. The van der Waals surface area contributed by atoms with Gasteiger partial charge in [-0.15, -0.1) is 0 Å². The van der Waals surface area contributed by atoms with Gasteiger partial charge in [-0.2, -0.15) is 0 Å². The van der Waals surface area contributed by atoms with Crippen LogP contribution >= 0.6 is 0 Å². The van der Waals surface area contributed by atoms with Crippen molar-refractivity contribution < 1.29 is 24.5 Å². The zero-order valence-electron chi connectivity index (χ0n) is 37.8. The third-order valence-electron chi connectivity index (χ3n) is 11.1. The second kappa shape index (κ2) is 46.8. The molecule has 0 fully saturated rings. The van der Waals surface area contributed by atoms with Gasteiger partial charge < -0.3 is 20.3 Å². The van der Waals surface area contributed by atoms with Crippen LogP contribution in [0.15, 0.2) is 36.5 Å². The number of rotatable bonds is 45. The first kappa shape index (κ1) is 55.1. The lowest BCUT2D eigenvalue weighted by Crippen LogP contribution is -2.45. The van der Waals surface area contributed by atoms with Crippen molar-refractivity contribution in [2.45, 2.75) is 264 Å². The Hall–Kier alpha value is -1.92. The summed E-state index contributed by atoms with van der Waals surface area (Å²) in [5, 5.41) is 23.0. The van der Waals surface area contributed by atoms with Crippen molar-refractivity contribution in [1.29, 1.82) is 0 Å². The number of carbonyl (C=O) groups is 2. The molecule has 0 saturated heterocycles. The molecule has 0 aromatic carbocycles. The number of allylic oxidation sites excluding steroid dienone is 5. The number of esters is 1. The van der Waals surface area contributed by atoms with Crippen molar-refractivity contribution in [3.8, 4) is 0 Å². The van der Waals surface area contributed by atoms with Gasteiger partial charge in [0.1, 0.15) is 0 Å². The molecular formula is C51H95NO5. The van der Waals surface area contributed by atoms with Gasteiger partial charge in [-0.05, 0) is 83.5 Å². The quantitative estimate of drug-likeness (QED) is 0.0324. The highest BCUT2D eigenvalue weighted by Gasteiger charge is 2.18. The average molecular weight is 802 g/mol. The van der Waals surface area contributed by atoms with E-state index in [9.17, 15) is 19.8 Å². The topological polar surface area (TPSA) is 95.9 Å². The van der Waals surface area contributed by atoms with E-state index in [4.69, 9.17) is 4.74 Å². The summed E-state index contributed by atoms with van der Waals surface area (Å²) in [6.07, 6.45) is 55.6. The minimum absolute atomic E-state index is 0.0241. The maximum atomic E-state index is 12.4. The van der Waals surface area contributed by atoms with E-state index in [-0.39, 0.29) is 18.5 Å². The van der Waals surface area contributed by atoms with E-state index in [2.05, 4.69) is 43.5 Å². The van der Waals surface area contributed by atoms with Crippen molar-refractivity contribution in [3.63, 3.8) is 0 Å². The Morgan fingerprint density at radius 3 is 1.28 bits per heavy atom. The molecule has 0 heterocycles. The monoisotopic (exact) mass is 802 g/mol. The minimum Gasteiger partial charge on any atom is -0.466 e. The van der Waals surface area contributed by atoms with Crippen LogP contribution in [0.2, 0.25) is 0 Å². The molecule has 57 heavy (non-hydrogen) atoms. The molecule has 0 aromatic heterocycles.